The Morgan fingerprint density at radius 1 is 1.21 bits per heavy atom. The van der Waals surface area contributed by atoms with Crippen molar-refractivity contribution in [2.45, 2.75) is 26.4 Å². The molecule has 0 aromatic rings. The topological polar surface area (TPSA) is 50.7 Å². The van der Waals surface area contributed by atoms with Gasteiger partial charge in [0.2, 0.25) is 0 Å². The monoisotopic (exact) mass is 205 g/mol. The molecule has 0 bridgehead atoms. The second-order valence-electron chi connectivity index (χ2n) is 3.07. The molecule has 86 valence electrons. The summed E-state index contributed by atoms with van der Waals surface area (Å²) in [6, 6.07) is 0. The van der Waals surface area contributed by atoms with Crippen LogP contribution < -0.4 is 5.32 Å². The van der Waals surface area contributed by atoms with Crippen molar-refractivity contribution in [1.82, 2.24) is 5.32 Å². The first-order valence-electron chi connectivity index (χ1n) is 5.35. The number of ether oxygens (including phenoxy) is 2. The normalized spacial score (nSPS) is 13.1. The van der Waals surface area contributed by atoms with E-state index in [0.717, 1.165) is 26.2 Å². The lowest BCUT2D eigenvalue weighted by Crippen LogP contribution is -2.31. The molecule has 0 radical (unpaired) electrons. The third kappa shape index (κ3) is 9.92. The van der Waals surface area contributed by atoms with Crippen LogP contribution in [0, 0.1) is 0 Å². The summed E-state index contributed by atoms with van der Waals surface area (Å²) in [7, 11) is 0. The Morgan fingerprint density at radius 3 is 2.57 bits per heavy atom. The predicted molar refractivity (Wildman–Crippen MR) is 56.5 cm³/mol. The van der Waals surface area contributed by atoms with Crippen molar-refractivity contribution in [3.05, 3.63) is 0 Å². The molecule has 0 rings (SSSR count). The van der Waals surface area contributed by atoms with Crippen molar-refractivity contribution in [2.75, 3.05) is 39.5 Å². The number of hydrogen-bond acceptors (Lipinski definition) is 4. The quantitative estimate of drug-likeness (QED) is 0.507. The molecule has 0 spiro atoms. The van der Waals surface area contributed by atoms with Gasteiger partial charge in [-0.25, -0.2) is 0 Å². The Bertz CT molecular complexity index is 112. The summed E-state index contributed by atoms with van der Waals surface area (Å²) in [6.07, 6.45) is 0.580. The molecule has 0 aromatic carbocycles. The molecule has 0 fully saturated rings. The van der Waals surface area contributed by atoms with Crippen LogP contribution in [0.3, 0.4) is 0 Å². The van der Waals surface area contributed by atoms with E-state index in [0.29, 0.717) is 19.8 Å². The highest BCUT2D eigenvalue weighted by atomic mass is 16.5. The van der Waals surface area contributed by atoms with Gasteiger partial charge in [-0.1, -0.05) is 0 Å². The Morgan fingerprint density at radius 2 is 1.93 bits per heavy atom. The minimum atomic E-state index is -0.401. The second kappa shape index (κ2) is 10.9. The molecule has 0 aromatic heterocycles. The van der Waals surface area contributed by atoms with Gasteiger partial charge in [0.25, 0.3) is 0 Å². The van der Waals surface area contributed by atoms with E-state index in [4.69, 9.17) is 9.47 Å². The maximum absolute atomic E-state index is 9.36. The summed E-state index contributed by atoms with van der Waals surface area (Å²) in [6.45, 7) is 7.99. The highest BCUT2D eigenvalue weighted by Gasteiger charge is 2.01. The molecule has 1 atom stereocenters. The molecule has 0 saturated carbocycles. The molecule has 0 aliphatic carbocycles. The lowest BCUT2D eigenvalue weighted by Gasteiger charge is -2.11. The molecule has 4 nitrogen and oxygen atoms in total. The fourth-order valence-corrected chi connectivity index (χ4v) is 1.03. The van der Waals surface area contributed by atoms with Crippen molar-refractivity contribution in [3.63, 3.8) is 0 Å². The molecule has 14 heavy (non-hydrogen) atoms. The third-order valence-corrected chi connectivity index (χ3v) is 1.74. The molecule has 0 amide bonds. The van der Waals surface area contributed by atoms with Gasteiger partial charge in [-0.3, -0.25) is 0 Å². The lowest BCUT2D eigenvalue weighted by atomic mass is 10.3. The molecule has 4 heteroatoms. The van der Waals surface area contributed by atoms with E-state index in [1.54, 1.807) is 0 Å². The van der Waals surface area contributed by atoms with E-state index < -0.39 is 6.10 Å². The van der Waals surface area contributed by atoms with Gasteiger partial charge in [0, 0.05) is 26.4 Å². The number of aliphatic hydroxyl groups is 1. The minimum absolute atomic E-state index is 0.401. The van der Waals surface area contributed by atoms with Crippen LogP contribution in [0.2, 0.25) is 0 Å². The van der Waals surface area contributed by atoms with Crippen LogP contribution >= 0.6 is 0 Å². The highest BCUT2D eigenvalue weighted by molar-refractivity contribution is 4.57. The van der Waals surface area contributed by atoms with Crippen molar-refractivity contribution in [3.8, 4) is 0 Å². The molecule has 0 aliphatic heterocycles. The summed E-state index contributed by atoms with van der Waals surface area (Å²) >= 11 is 0. The van der Waals surface area contributed by atoms with Crippen molar-refractivity contribution in [1.29, 1.82) is 0 Å². The minimum Gasteiger partial charge on any atom is -0.389 e. The zero-order chi connectivity index (χ0) is 10.6. The predicted octanol–water partition coefficient (Wildman–Crippen LogP) is 0.400. The van der Waals surface area contributed by atoms with E-state index in [-0.39, 0.29) is 0 Å². The van der Waals surface area contributed by atoms with Crippen LogP contribution in [-0.4, -0.2) is 50.7 Å². The van der Waals surface area contributed by atoms with Gasteiger partial charge in [0.15, 0.2) is 0 Å². The zero-order valence-corrected chi connectivity index (χ0v) is 9.29. The number of aliphatic hydroxyl groups excluding tert-OH is 1. The van der Waals surface area contributed by atoms with Crippen LogP contribution in [0.25, 0.3) is 0 Å². The standard InChI is InChI=1S/C10H23NO3/c1-3-13-7-5-6-11-8-10(12)9-14-4-2/h10-12H,3-9H2,1-2H3. The Labute approximate surface area is 86.6 Å². The van der Waals surface area contributed by atoms with Gasteiger partial charge >= 0.3 is 0 Å². The van der Waals surface area contributed by atoms with E-state index >= 15 is 0 Å². The second-order valence-corrected chi connectivity index (χ2v) is 3.07. The molecule has 1 unspecified atom stereocenters. The van der Waals surface area contributed by atoms with Crippen molar-refractivity contribution in [2.24, 2.45) is 0 Å². The van der Waals surface area contributed by atoms with E-state index in [9.17, 15) is 5.11 Å². The first-order valence-corrected chi connectivity index (χ1v) is 5.35. The van der Waals surface area contributed by atoms with Crippen LogP contribution in [0.5, 0.6) is 0 Å². The van der Waals surface area contributed by atoms with Gasteiger partial charge in [0.1, 0.15) is 0 Å². The fraction of sp³-hybridized carbons (Fsp3) is 1.00. The van der Waals surface area contributed by atoms with Gasteiger partial charge in [-0.05, 0) is 26.8 Å². The number of rotatable bonds is 10. The van der Waals surface area contributed by atoms with E-state index in [2.05, 4.69) is 5.32 Å². The lowest BCUT2D eigenvalue weighted by molar-refractivity contribution is 0.0425. The van der Waals surface area contributed by atoms with Crippen molar-refractivity contribution >= 4 is 0 Å². The van der Waals surface area contributed by atoms with Crippen molar-refractivity contribution < 1.29 is 14.6 Å². The maximum Gasteiger partial charge on any atom is 0.0897 e. The van der Waals surface area contributed by atoms with Crippen LogP contribution in [0.15, 0.2) is 0 Å². The van der Waals surface area contributed by atoms with Gasteiger partial charge in [-0.15, -0.1) is 0 Å². The number of hydrogen-bond donors (Lipinski definition) is 2. The highest BCUT2D eigenvalue weighted by Crippen LogP contribution is 1.85. The van der Waals surface area contributed by atoms with E-state index in [1.807, 2.05) is 13.8 Å². The summed E-state index contributed by atoms with van der Waals surface area (Å²) in [5.41, 5.74) is 0. The van der Waals surface area contributed by atoms with Gasteiger partial charge < -0.3 is 19.9 Å². The SMILES string of the molecule is CCOCCCNCC(O)COCC. The van der Waals surface area contributed by atoms with Crippen LogP contribution in [0.1, 0.15) is 20.3 Å². The van der Waals surface area contributed by atoms with Gasteiger partial charge in [-0.2, -0.15) is 0 Å². The summed E-state index contributed by atoms with van der Waals surface area (Å²) in [4.78, 5) is 0. The Kier molecular flexibility index (Phi) is 10.8. The first kappa shape index (κ1) is 13.8. The Hall–Kier alpha value is -0.160. The average Bonchev–Trinajstić information content (AvgIpc) is 2.20. The first-order chi connectivity index (χ1) is 6.81. The summed E-state index contributed by atoms with van der Waals surface area (Å²) in [5.74, 6) is 0. The molecule has 0 saturated heterocycles. The molecule has 0 aliphatic rings. The van der Waals surface area contributed by atoms with Gasteiger partial charge in [0.05, 0.1) is 12.7 Å². The third-order valence-electron chi connectivity index (χ3n) is 1.74. The largest absolute Gasteiger partial charge is 0.389 e. The average molecular weight is 205 g/mol. The summed E-state index contributed by atoms with van der Waals surface area (Å²) in [5, 5.41) is 12.5. The Balaban J connectivity index is 3.02. The zero-order valence-electron chi connectivity index (χ0n) is 9.29. The fourth-order valence-electron chi connectivity index (χ4n) is 1.03. The summed E-state index contributed by atoms with van der Waals surface area (Å²) < 4.78 is 10.3. The smallest absolute Gasteiger partial charge is 0.0897 e. The number of nitrogens with one attached hydrogen (secondary N) is 1. The maximum atomic E-state index is 9.36. The molecular weight excluding hydrogens is 182 g/mol. The molecule has 2 N–H and O–H groups in total. The van der Waals surface area contributed by atoms with Crippen LogP contribution in [0.4, 0.5) is 0 Å². The van der Waals surface area contributed by atoms with E-state index in [1.165, 1.54) is 0 Å². The molecule has 0 heterocycles. The molecular formula is C10H23NO3. The van der Waals surface area contributed by atoms with Crippen LogP contribution in [-0.2, 0) is 9.47 Å².